The second-order valence-electron chi connectivity index (χ2n) is 8.63. The quantitative estimate of drug-likeness (QED) is 0.815. The zero-order valence-electron chi connectivity index (χ0n) is 16.7. The maximum absolute atomic E-state index is 12.6. The fraction of sp³-hybridized carbons (Fsp3) is 0.682. The summed E-state index contributed by atoms with van der Waals surface area (Å²) in [6.45, 7) is 1.70. The van der Waals surface area contributed by atoms with Crippen LogP contribution in [0.3, 0.4) is 0 Å². The van der Waals surface area contributed by atoms with E-state index in [2.05, 4.69) is 20.5 Å². The summed E-state index contributed by atoms with van der Waals surface area (Å²) >= 11 is 0. The molecule has 28 heavy (non-hydrogen) atoms. The molecule has 2 aliphatic carbocycles. The Kier molecular flexibility index (Phi) is 6.13. The van der Waals surface area contributed by atoms with Gasteiger partial charge in [0.25, 0.3) is 0 Å². The first-order chi connectivity index (χ1) is 13.7. The van der Waals surface area contributed by atoms with Crippen molar-refractivity contribution < 1.29 is 9.59 Å². The zero-order chi connectivity index (χ0) is 19.3. The van der Waals surface area contributed by atoms with Gasteiger partial charge in [0.1, 0.15) is 5.82 Å². The third-order valence-electron chi connectivity index (χ3n) is 6.63. The Balaban J connectivity index is 1.24. The second kappa shape index (κ2) is 8.93. The van der Waals surface area contributed by atoms with Gasteiger partial charge < -0.3 is 15.5 Å². The minimum Gasteiger partial charge on any atom is -0.357 e. The van der Waals surface area contributed by atoms with Crippen LogP contribution in [-0.2, 0) is 9.59 Å². The van der Waals surface area contributed by atoms with E-state index >= 15 is 0 Å². The Morgan fingerprint density at radius 3 is 2.18 bits per heavy atom. The Morgan fingerprint density at radius 1 is 0.857 bits per heavy atom. The van der Waals surface area contributed by atoms with Crippen LogP contribution in [0, 0.1) is 11.8 Å². The van der Waals surface area contributed by atoms with Crippen molar-refractivity contribution in [3.63, 3.8) is 0 Å². The van der Waals surface area contributed by atoms with Gasteiger partial charge in [-0.25, -0.2) is 4.98 Å². The number of piperidine rings is 1. The average Bonchev–Trinajstić information content (AvgIpc) is 2.68. The van der Waals surface area contributed by atoms with Gasteiger partial charge in [0, 0.05) is 31.0 Å². The van der Waals surface area contributed by atoms with E-state index in [1.54, 1.807) is 6.20 Å². The van der Waals surface area contributed by atoms with Gasteiger partial charge in [0.2, 0.25) is 11.8 Å². The third kappa shape index (κ3) is 4.65. The first-order valence-corrected chi connectivity index (χ1v) is 11.0. The lowest BCUT2D eigenvalue weighted by atomic mass is 9.85. The summed E-state index contributed by atoms with van der Waals surface area (Å²) in [7, 11) is 0. The minimum atomic E-state index is 0.116. The van der Waals surface area contributed by atoms with E-state index < -0.39 is 0 Å². The predicted molar refractivity (Wildman–Crippen MR) is 110 cm³/mol. The second-order valence-corrected chi connectivity index (χ2v) is 8.63. The number of carbonyl (C=O) groups is 2. The highest BCUT2D eigenvalue weighted by molar-refractivity contribution is 5.92. The lowest BCUT2D eigenvalue weighted by molar-refractivity contribution is -0.126. The number of pyridine rings is 1. The monoisotopic (exact) mass is 384 g/mol. The number of anilines is 2. The molecule has 0 unspecified atom stereocenters. The summed E-state index contributed by atoms with van der Waals surface area (Å²) in [6, 6.07) is 4.29. The van der Waals surface area contributed by atoms with Crippen molar-refractivity contribution in [2.75, 3.05) is 23.3 Å². The van der Waals surface area contributed by atoms with Gasteiger partial charge in [-0.1, -0.05) is 25.7 Å². The van der Waals surface area contributed by atoms with E-state index in [0.717, 1.165) is 69.5 Å². The van der Waals surface area contributed by atoms with E-state index in [4.69, 9.17) is 0 Å². The summed E-state index contributed by atoms with van der Waals surface area (Å²) in [5, 5.41) is 6.24. The molecule has 2 saturated carbocycles. The van der Waals surface area contributed by atoms with E-state index in [1.807, 2.05) is 12.1 Å². The first-order valence-electron chi connectivity index (χ1n) is 11.0. The van der Waals surface area contributed by atoms with Crippen molar-refractivity contribution in [3.8, 4) is 0 Å². The zero-order valence-corrected chi connectivity index (χ0v) is 16.7. The molecule has 3 fully saturated rings. The van der Waals surface area contributed by atoms with Crippen molar-refractivity contribution in [1.29, 1.82) is 0 Å². The molecule has 0 atom stereocenters. The van der Waals surface area contributed by atoms with Crippen molar-refractivity contribution in [3.05, 3.63) is 18.3 Å². The molecule has 0 spiro atoms. The Morgan fingerprint density at radius 2 is 1.57 bits per heavy atom. The van der Waals surface area contributed by atoms with E-state index in [1.165, 1.54) is 19.3 Å². The molecule has 3 aliphatic rings. The Hall–Kier alpha value is -2.11. The maximum atomic E-state index is 12.6. The molecule has 0 radical (unpaired) electrons. The molecule has 6 heteroatoms. The van der Waals surface area contributed by atoms with E-state index in [-0.39, 0.29) is 23.7 Å². The van der Waals surface area contributed by atoms with E-state index in [9.17, 15) is 9.59 Å². The molecule has 2 amide bonds. The first kappa shape index (κ1) is 19.2. The summed E-state index contributed by atoms with van der Waals surface area (Å²) < 4.78 is 0. The number of hydrogen-bond donors (Lipinski definition) is 2. The molecule has 2 heterocycles. The lowest BCUT2D eigenvalue weighted by Gasteiger charge is -2.33. The Bertz CT molecular complexity index is 672. The van der Waals surface area contributed by atoms with Crippen LogP contribution in [0.5, 0.6) is 0 Å². The highest BCUT2D eigenvalue weighted by atomic mass is 16.2. The molecule has 152 valence electrons. The van der Waals surface area contributed by atoms with Crippen LogP contribution in [0.4, 0.5) is 11.5 Å². The topological polar surface area (TPSA) is 74.3 Å². The fourth-order valence-corrected chi connectivity index (χ4v) is 4.50. The predicted octanol–water partition coefficient (Wildman–Crippen LogP) is 3.49. The van der Waals surface area contributed by atoms with Crippen molar-refractivity contribution >= 4 is 23.3 Å². The van der Waals surface area contributed by atoms with Crippen LogP contribution in [0.15, 0.2) is 18.3 Å². The maximum Gasteiger partial charge on any atom is 0.227 e. The van der Waals surface area contributed by atoms with Crippen LogP contribution in [0.25, 0.3) is 0 Å². The number of nitrogens with zero attached hydrogens (tertiary/aromatic N) is 2. The standard InChI is InChI=1S/C22H32N4O2/c27-21(16-5-4-6-16)25-19-9-10-20(23-15-19)26-13-11-17(12-14-26)22(28)24-18-7-2-1-3-8-18/h9-10,15-18H,1-8,11-14H2,(H,24,28)(H,25,27). The Labute approximate surface area is 167 Å². The van der Waals surface area contributed by atoms with Crippen LogP contribution in [0.1, 0.15) is 64.2 Å². The molecule has 1 aromatic rings. The summed E-state index contributed by atoms with van der Waals surface area (Å²) in [5.74, 6) is 1.59. The molecule has 2 N–H and O–H groups in total. The molecule has 4 rings (SSSR count). The number of hydrogen-bond acceptors (Lipinski definition) is 4. The normalized spacial score (nSPS) is 21.8. The van der Waals surface area contributed by atoms with Crippen molar-refractivity contribution in [2.45, 2.75) is 70.3 Å². The van der Waals surface area contributed by atoms with Crippen LogP contribution in [0.2, 0.25) is 0 Å². The van der Waals surface area contributed by atoms with Gasteiger partial charge >= 0.3 is 0 Å². The average molecular weight is 385 g/mol. The molecular weight excluding hydrogens is 352 g/mol. The molecule has 6 nitrogen and oxygen atoms in total. The molecule has 1 saturated heterocycles. The summed E-state index contributed by atoms with van der Waals surface area (Å²) in [4.78, 5) is 31.4. The largest absolute Gasteiger partial charge is 0.357 e. The van der Waals surface area contributed by atoms with Gasteiger partial charge in [-0.05, 0) is 50.7 Å². The third-order valence-corrected chi connectivity index (χ3v) is 6.63. The molecule has 1 aromatic heterocycles. The number of nitrogens with one attached hydrogen (secondary N) is 2. The summed E-state index contributed by atoms with van der Waals surface area (Å²) in [5.41, 5.74) is 0.766. The van der Waals surface area contributed by atoms with E-state index in [0.29, 0.717) is 6.04 Å². The van der Waals surface area contributed by atoms with Gasteiger partial charge in [-0.2, -0.15) is 0 Å². The molecular formula is C22H32N4O2. The number of rotatable bonds is 5. The SMILES string of the molecule is O=C(Nc1ccc(N2CCC(C(=O)NC3CCCCC3)CC2)nc1)C1CCC1. The van der Waals surface area contributed by atoms with Gasteiger partial charge in [0.05, 0.1) is 11.9 Å². The van der Waals surface area contributed by atoms with Crippen LogP contribution in [-0.4, -0.2) is 35.9 Å². The van der Waals surface area contributed by atoms with Gasteiger partial charge in [-0.3, -0.25) is 9.59 Å². The lowest BCUT2D eigenvalue weighted by Crippen LogP contribution is -2.44. The van der Waals surface area contributed by atoms with Gasteiger partial charge in [-0.15, -0.1) is 0 Å². The van der Waals surface area contributed by atoms with Crippen LogP contribution < -0.4 is 15.5 Å². The fourth-order valence-electron chi connectivity index (χ4n) is 4.50. The minimum absolute atomic E-state index is 0.116. The van der Waals surface area contributed by atoms with Crippen molar-refractivity contribution in [1.82, 2.24) is 10.3 Å². The number of carbonyl (C=O) groups excluding carboxylic acids is 2. The molecule has 0 bridgehead atoms. The van der Waals surface area contributed by atoms with Crippen molar-refractivity contribution in [2.24, 2.45) is 11.8 Å². The highest BCUT2D eigenvalue weighted by Crippen LogP contribution is 2.28. The molecule has 1 aliphatic heterocycles. The van der Waals surface area contributed by atoms with Gasteiger partial charge in [0.15, 0.2) is 0 Å². The number of amides is 2. The smallest absolute Gasteiger partial charge is 0.227 e. The number of aromatic nitrogens is 1. The van der Waals surface area contributed by atoms with Crippen LogP contribution >= 0.6 is 0 Å². The highest BCUT2D eigenvalue weighted by Gasteiger charge is 2.28. The molecule has 0 aromatic carbocycles. The summed E-state index contributed by atoms with van der Waals surface area (Å²) in [6.07, 6.45) is 12.7.